The Morgan fingerprint density at radius 2 is 2.21 bits per heavy atom. The number of nitrogens with one attached hydrogen (secondary N) is 1. The van der Waals surface area contributed by atoms with Crippen molar-refractivity contribution in [2.45, 2.75) is 26.3 Å². The smallest absolute Gasteiger partial charge is 0.311 e. The van der Waals surface area contributed by atoms with Crippen molar-refractivity contribution in [3.05, 3.63) is 33.0 Å². The van der Waals surface area contributed by atoms with Crippen LogP contribution >= 0.6 is 22.7 Å². The largest absolute Gasteiger partial charge is 0.469 e. The van der Waals surface area contributed by atoms with E-state index in [1.54, 1.807) is 0 Å². The molecule has 0 bridgehead atoms. The lowest BCUT2D eigenvalue weighted by atomic mass is 10.3. The normalized spacial score (nSPS) is 10.4. The van der Waals surface area contributed by atoms with Crippen LogP contribution in [0.1, 0.15) is 22.4 Å². The number of thiazole rings is 1. The molecule has 1 N–H and O–H groups in total. The number of carbonyl (C=O) groups excluding carboxylic acids is 1. The van der Waals surface area contributed by atoms with E-state index in [4.69, 9.17) is 0 Å². The van der Waals surface area contributed by atoms with Crippen molar-refractivity contribution < 1.29 is 9.53 Å². The van der Waals surface area contributed by atoms with Crippen LogP contribution in [0.25, 0.3) is 0 Å². The molecule has 6 heteroatoms. The summed E-state index contributed by atoms with van der Waals surface area (Å²) >= 11 is 3.32. The second-order valence-corrected chi connectivity index (χ2v) is 6.08. The van der Waals surface area contributed by atoms with Crippen LogP contribution in [0.4, 0.5) is 5.13 Å². The average molecular weight is 296 g/mol. The molecule has 102 valence electrons. The van der Waals surface area contributed by atoms with Crippen molar-refractivity contribution in [2.24, 2.45) is 0 Å². The predicted octanol–water partition coefficient (Wildman–Crippen LogP) is 3.09. The van der Waals surface area contributed by atoms with Gasteiger partial charge >= 0.3 is 5.97 Å². The minimum atomic E-state index is -0.261. The number of ether oxygens (including phenoxy) is 1. The van der Waals surface area contributed by atoms with E-state index in [2.05, 4.69) is 34.1 Å². The molecule has 2 heterocycles. The number of esters is 1. The summed E-state index contributed by atoms with van der Waals surface area (Å²) in [5.74, 6) is -0.261. The summed E-state index contributed by atoms with van der Waals surface area (Å²) in [6, 6.07) is 4.30. The van der Waals surface area contributed by atoms with Gasteiger partial charge in [-0.25, -0.2) is 4.98 Å². The maximum atomic E-state index is 11.1. The fourth-order valence-electron chi connectivity index (χ4n) is 1.56. The number of anilines is 1. The van der Waals surface area contributed by atoms with Crippen molar-refractivity contribution in [1.82, 2.24) is 4.98 Å². The summed E-state index contributed by atoms with van der Waals surface area (Å²) in [5.41, 5.74) is 0.750. The molecule has 2 aromatic rings. The highest BCUT2D eigenvalue weighted by Gasteiger charge is 2.07. The number of aromatic nitrogens is 1. The molecular formula is C13H16N2O2S2. The van der Waals surface area contributed by atoms with E-state index in [1.807, 2.05) is 16.7 Å². The molecular weight excluding hydrogens is 280 g/mol. The Kier molecular flexibility index (Phi) is 4.93. The highest BCUT2D eigenvalue weighted by atomic mass is 32.1. The number of methoxy groups -OCH3 is 1. The van der Waals surface area contributed by atoms with E-state index in [-0.39, 0.29) is 12.4 Å². The van der Waals surface area contributed by atoms with Gasteiger partial charge in [0.2, 0.25) is 0 Å². The molecule has 0 aliphatic heterocycles. The lowest BCUT2D eigenvalue weighted by Crippen LogP contribution is -2.05. The quantitative estimate of drug-likeness (QED) is 0.832. The van der Waals surface area contributed by atoms with E-state index in [0.29, 0.717) is 0 Å². The minimum Gasteiger partial charge on any atom is -0.469 e. The molecule has 0 aliphatic rings. The zero-order valence-electron chi connectivity index (χ0n) is 10.9. The van der Waals surface area contributed by atoms with Gasteiger partial charge in [-0.15, -0.1) is 22.7 Å². The van der Waals surface area contributed by atoms with Gasteiger partial charge in [0.15, 0.2) is 5.13 Å². The second kappa shape index (κ2) is 6.68. The van der Waals surface area contributed by atoms with Crippen LogP contribution < -0.4 is 5.32 Å². The molecule has 0 atom stereocenters. The van der Waals surface area contributed by atoms with Gasteiger partial charge in [0.25, 0.3) is 0 Å². The van der Waals surface area contributed by atoms with E-state index >= 15 is 0 Å². The molecule has 2 aromatic heterocycles. The van der Waals surface area contributed by atoms with Gasteiger partial charge in [-0.2, -0.15) is 0 Å². The first-order valence-electron chi connectivity index (χ1n) is 6.04. The average Bonchev–Trinajstić information content (AvgIpc) is 3.05. The minimum absolute atomic E-state index is 0.230. The molecule has 0 saturated carbocycles. The Hall–Kier alpha value is -1.40. The molecule has 0 aliphatic carbocycles. The van der Waals surface area contributed by atoms with Crippen LogP contribution in [0.2, 0.25) is 0 Å². The fourth-order valence-corrected chi connectivity index (χ4v) is 3.17. The fraction of sp³-hybridized carbons (Fsp3) is 0.385. The van der Waals surface area contributed by atoms with Gasteiger partial charge in [0.1, 0.15) is 0 Å². The SMILES string of the molecule is CCc1ccc(CNc2nc(CC(=O)OC)cs2)s1. The summed E-state index contributed by atoms with van der Waals surface area (Å²) in [4.78, 5) is 18.2. The number of aryl methyl sites for hydroxylation is 1. The van der Waals surface area contributed by atoms with Crippen LogP contribution in [-0.4, -0.2) is 18.1 Å². The molecule has 0 amide bonds. The lowest BCUT2D eigenvalue weighted by molar-refractivity contribution is -0.139. The van der Waals surface area contributed by atoms with Crippen molar-refractivity contribution in [3.8, 4) is 0 Å². The number of nitrogens with zero attached hydrogens (tertiary/aromatic N) is 1. The first-order valence-corrected chi connectivity index (χ1v) is 7.73. The molecule has 0 fully saturated rings. The van der Waals surface area contributed by atoms with E-state index in [1.165, 1.54) is 28.2 Å². The molecule has 0 spiro atoms. The highest BCUT2D eigenvalue weighted by molar-refractivity contribution is 7.14. The first kappa shape index (κ1) is 14.0. The standard InChI is InChI=1S/C13H16N2O2S2/c1-3-10-4-5-11(19-10)7-14-13-15-9(8-18-13)6-12(16)17-2/h4-5,8H,3,6-7H2,1-2H3,(H,14,15). The Morgan fingerprint density at radius 1 is 1.42 bits per heavy atom. The van der Waals surface area contributed by atoms with Crippen molar-refractivity contribution in [3.63, 3.8) is 0 Å². The molecule has 0 unspecified atom stereocenters. The first-order chi connectivity index (χ1) is 9.21. The maximum Gasteiger partial charge on any atom is 0.311 e. The Bertz CT molecular complexity index is 548. The van der Waals surface area contributed by atoms with Gasteiger partial charge in [0.05, 0.1) is 25.8 Å². The Balaban J connectivity index is 1.87. The zero-order chi connectivity index (χ0) is 13.7. The molecule has 0 radical (unpaired) electrons. The number of rotatable bonds is 6. The third-order valence-corrected chi connectivity index (χ3v) is 4.66. The highest BCUT2D eigenvalue weighted by Crippen LogP contribution is 2.20. The van der Waals surface area contributed by atoms with E-state index < -0.39 is 0 Å². The van der Waals surface area contributed by atoms with Gasteiger partial charge < -0.3 is 10.1 Å². The predicted molar refractivity (Wildman–Crippen MR) is 78.9 cm³/mol. The van der Waals surface area contributed by atoms with Crippen LogP contribution in [0, 0.1) is 0 Å². The van der Waals surface area contributed by atoms with Crippen LogP contribution in [-0.2, 0) is 28.9 Å². The molecule has 0 saturated heterocycles. The van der Waals surface area contributed by atoms with Crippen molar-refractivity contribution in [2.75, 3.05) is 12.4 Å². The summed E-state index contributed by atoms with van der Waals surface area (Å²) in [5, 5.41) is 5.99. The Morgan fingerprint density at radius 3 is 2.89 bits per heavy atom. The summed E-state index contributed by atoms with van der Waals surface area (Å²) < 4.78 is 4.61. The molecule has 4 nitrogen and oxygen atoms in total. The summed E-state index contributed by atoms with van der Waals surface area (Å²) in [7, 11) is 1.38. The number of hydrogen-bond donors (Lipinski definition) is 1. The lowest BCUT2D eigenvalue weighted by Gasteiger charge is -1.99. The van der Waals surface area contributed by atoms with Gasteiger partial charge in [-0.05, 0) is 18.6 Å². The zero-order valence-corrected chi connectivity index (χ0v) is 12.6. The third-order valence-electron chi connectivity index (χ3n) is 2.58. The monoisotopic (exact) mass is 296 g/mol. The van der Waals surface area contributed by atoms with E-state index in [9.17, 15) is 4.79 Å². The second-order valence-electron chi connectivity index (χ2n) is 3.97. The van der Waals surface area contributed by atoms with Gasteiger partial charge in [-0.3, -0.25) is 4.79 Å². The number of hydrogen-bond acceptors (Lipinski definition) is 6. The van der Waals surface area contributed by atoms with Crippen molar-refractivity contribution in [1.29, 1.82) is 0 Å². The van der Waals surface area contributed by atoms with E-state index in [0.717, 1.165) is 23.8 Å². The molecule has 2 rings (SSSR count). The van der Waals surface area contributed by atoms with Crippen LogP contribution in [0.5, 0.6) is 0 Å². The van der Waals surface area contributed by atoms with Crippen LogP contribution in [0.3, 0.4) is 0 Å². The number of carbonyl (C=O) groups is 1. The third kappa shape index (κ3) is 4.04. The Labute approximate surface area is 120 Å². The molecule has 0 aromatic carbocycles. The summed E-state index contributed by atoms with van der Waals surface area (Å²) in [6.45, 7) is 2.93. The van der Waals surface area contributed by atoms with Gasteiger partial charge in [-0.1, -0.05) is 6.92 Å². The summed E-state index contributed by atoms with van der Waals surface area (Å²) in [6.07, 6.45) is 1.30. The number of thiophene rings is 1. The van der Waals surface area contributed by atoms with Crippen LogP contribution in [0.15, 0.2) is 17.5 Å². The topological polar surface area (TPSA) is 51.2 Å². The van der Waals surface area contributed by atoms with Gasteiger partial charge in [0, 0.05) is 15.1 Å². The van der Waals surface area contributed by atoms with Crippen molar-refractivity contribution >= 4 is 33.8 Å². The maximum absolute atomic E-state index is 11.1. The molecule has 19 heavy (non-hydrogen) atoms.